The van der Waals surface area contributed by atoms with Gasteiger partial charge in [0.1, 0.15) is 5.75 Å². The summed E-state index contributed by atoms with van der Waals surface area (Å²) < 4.78 is 6.05. The highest BCUT2D eigenvalue weighted by atomic mass is 16.5. The van der Waals surface area contributed by atoms with Crippen molar-refractivity contribution in [2.75, 3.05) is 7.11 Å². The van der Waals surface area contributed by atoms with E-state index in [-0.39, 0.29) is 6.04 Å². The highest BCUT2D eigenvalue weighted by molar-refractivity contribution is 5.75. The minimum atomic E-state index is -0.205. The summed E-state index contributed by atoms with van der Waals surface area (Å²) in [4.78, 5) is 0. The van der Waals surface area contributed by atoms with Gasteiger partial charge in [-0.15, -0.1) is 0 Å². The Labute approximate surface area is 113 Å². The third-order valence-corrected chi connectivity index (χ3v) is 3.06. The molecule has 0 spiro atoms. The van der Waals surface area contributed by atoms with Gasteiger partial charge in [0, 0.05) is 18.1 Å². The van der Waals surface area contributed by atoms with E-state index in [1.165, 1.54) is 0 Å². The van der Waals surface area contributed by atoms with Crippen LogP contribution in [0, 0.1) is 5.21 Å². The maximum absolute atomic E-state index is 12.1. The van der Waals surface area contributed by atoms with Gasteiger partial charge in [0.25, 0.3) is 0 Å². The smallest absolute Gasteiger partial charge is 0.185 e. The van der Waals surface area contributed by atoms with Crippen molar-refractivity contribution in [3.63, 3.8) is 0 Å². The van der Waals surface area contributed by atoms with Crippen molar-refractivity contribution in [2.24, 2.45) is 0 Å². The van der Waals surface area contributed by atoms with Crippen molar-refractivity contribution < 1.29 is 9.48 Å². The summed E-state index contributed by atoms with van der Waals surface area (Å²) in [5, 5.41) is 12.1. The molecule has 2 aromatic carbocycles. The molecule has 0 N–H and O–H groups in total. The van der Waals surface area contributed by atoms with E-state index >= 15 is 0 Å². The van der Waals surface area contributed by atoms with Crippen molar-refractivity contribution >= 4 is 6.21 Å². The normalized spacial score (nSPS) is 13.1. The Bertz CT molecular complexity index is 547. The summed E-state index contributed by atoms with van der Waals surface area (Å²) >= 11 is 0. The van der Waals surface area contributed by atoms with Crippen LogP contribution in [0.15, 0.2) is 54.6 Å². The SMILES string of the molecule is COc1ccc(/C=[N+](\[O-])C(C)c2ccccc2)cc1. The minimum Gasteiger partial charge on any atom is -0.623 e. The second kappa shape index (κ2) is 6.05. The van der Waals surface area contributed by atoms with Crippen molar-refractivity contribution in [1.82, 2.24) is 0 Å². The standard InChI is InChI=1S/C16H17NO2/c1-13(15-6-4-3-5-7-15)17(18)12-14-8-10-16(19-2)11-9-14/h3-13H,1-2H3/b17-12-. The summed E-state index contributed by atoms with van der Waals surface area (Å²) in [5.74, 6) is 0.783. The number of hydrogen-bond donors (Lipinski definition) is 0. The molecular formula is C16H17NO2. The molecule has 0 aliphatic carbocycles. The number of hydrogen-bond acceptors (Lipinski definition) is 2. The lowest BCUT2D eigenvalue weighted by molar-refractivity contribution is -0.498. The van der Waals surface area contributed by atoms with E-state index in [0.29, 0.717) is 0 Å². The Balaban J connectivity index is 2.18. The Morgan fingerprint density at radius 3 is 2.26 bits per heavy atom. The summed E-state index contributed by atoms with van der Waals surface area (Å²) in [6, 6.07) is 16.9. The number of methoxy groups -OCH3 is 1. The van der Waals surface area contributed by atoms with Gasteiger partial charge in [-0.3, -0.25) is 0 Å². The van der Waals surface area contributed by atoms with Gasteiger partial charge in [0.15, 0.2) is 12.3 Å². The van der Waals surface area contributed by atoms with Crippen LogP contribution in [0.4, 0.5) is 0 Å². The third kappa shape index (κ3) is 3.35. The van der Waals surface area contributed by atoms with Crippen LogP contribution >= 0.6 is 0 Å². The molecule has 3 nitrogen and oxygen atoms in total. The van der Waals surface area contributed by atoms with Crippen molar-refractivity contribution in [3.05, 3.63) is 70.9 Å². The molecule has 19 heavy (non-hydrogen) atoms. The van der Waals surface area contributed by atoms with Crippen LogP contribution in [0.1, 0.15) is 24.1 Å². The highest BCUT2D eigenvalue weighted by Crippen LogP contribution is 2.16. The first-order chi connectivity index (χ1) is 9.20. The molecule has 98 valence electrons. The number of benzene rings is 2. The van der Waals surface area contributed by atoms with Crippen LogP contribution < -0.4 is 4.74 Å². The quantitative estimate of drug-likeness (QED) is 0.363. The van der Waals surface area contributed by atoms with Crippen LogP contribution in [-0.4, -0.2) is 18.1 Å². The van der Waals surface area contributed by atoms with Crippen molar-refractivity contribution in [3.8, 4) is 5.75 Å². The van der Waals surface area contributed by atoms with Gasteiger partial charge in [-0.1, -0.05) is 30.3 Å². The van der Waals surface area contributed by atoms with Gasteiger partial charge in [-0.2, -0.15) is 0 Å². The van der Waals surface area contributed by atoms with E-state index in [0.717, 1.165) is 21.6 Å². The Kier molecular flexibility index (Phi) is 4.18. The molecule has 0 fully saturated rings. The second-order valence-corrected chi connectivity index (χ2v) is 4.35. The van der Waals surface area contributed by atoms with E-state index < -0.39 is 0 Å². The van der Waals surface area contributed by atoms with Crippen molar-refractivity contribution in [1.29, 1.82) is 0 Å². The second-order valence-electron chi connectivity index (χ2n) is 4.35. The van der Waals surface area contributed by atoms with E-state index in [9.17, 15) is 5.21 Å². The van der Waals surface area contributed by atoms with E-state index in [1.54, 1.807) is 13.3 Å². The molecule has 0 saturated carbocycles. The fourth-order valence-electron chi connectivity index (χ4n) is 1.83. The molecule has 2 rings (SSSR count). The lowest BCUT2D eigenvalue weighted by atomic mass is 10.1. The largest absolute Gasteiger partial charge is 0.623 e. The first kappa shape index (κ1) is 13.1. The Morgan fingerprint density at radius 2 is 1.68 bits per heavy atom. The minimum absolute atomic E-state index is 0.205. The summed E-state index contributed by atoms with van der Waals surface area (Å²) in [6.45, 7) is 1.89. The summed E-state index contributed by atoms with van der Waals surface area (Å²) in [7, 11) is 1.62. The zero-order chi connectivity index (χ0) is 13.7. The zero-order valence-corrected chi connectivity index (χ0v) is 11.1. The molecule has 1 atom stereocenters. The third-order valence-electron chi connectivity index (χ3n) is 3.06. The fraction of sp³-hybridized carbons (Fsp3) is 0.188. The van der Waals surface area contributed by atoms with E-state index in [4.69, 9.17) is 4.74 Å². The molecule has 0 aliphatic heterocycles. The van der Waals surface area contributed by atoms with Crippen LogP contribution in [0.25, 0.3) is 0 Å². The number of hydroxylamine groups is 1. The molecule has 3 heteroatoms. The number of ether oxygens (including phenoxy) is 1. The van der Waals surface area contributed by atoms with E-state index in [2.05, 4.69) is 0 Å². The van der Waals surface area contributed by atoms with Crippen LogP contribution in [0.2, 0.25) is 0 Å². The highest BCUT2D eigenvalue weighted by Gasteiger charge is 2.11. The fourth-order valence-corrected chi connectivity index (χ4v) is 1.83. The molecule has 2 aromatic rings. The number of nitrogens with zero attached hydrogens (tertiary/aromatic N) is 1. The predicted octanol–water partition coefficient (Wildman–Crippen LogP) is 3.39. The van der Waals surface area contributed by atoms with Crippen LogP contribution in [0.5, 0.6) is 5.75 Å². The molecule has 0 radical (unpaired) electrons. The molecule has 0 saturated heterocycles. The van der Waals surface area contributed by atoms with Gasteiger partial charge in [-0.05, 0) is 24.3 Å². The molecule has 0 amide bonds. The zero-order valence-electron chi connectivity index (χ0n) is 11.1. The lowest BCUT2D eigenvalue weighted by Gasteiger charge is -2.12. The molecule has 0 aliphatic rings. The Morgan fingerprint density at radius 1 is 1.05 bits per heavy atom. The predicted molar refractivity (Wildman–Crippen MR) is 76.6 cm³/mol. The summed E-state index contributed by atoms with van der Waals surface area (Å²) in [5.41, 5.74) is 1.86. The van der Waals surface area contributed by atoms with Gasteiger partial charge in [-0.25, -0.2) is 4.74 Å². The van der Waals surface area contributed by atoms with Gasteiger partial charge >= 0.3 is 0 Å². The van der Waals surface area contributed by atoms with Gasteiger partial charge in [0.2, 0.25) is 0 Å². The maximum Gasteiger partial charge on any atom is 0.185 e. The Hall–Kier alpha value is -2.29. The monoisotopic (exact) mass is 255 g/mol. The van der Waals surface area contributed by atoms with Crippen LogP contribution in [0.3, 0.4) is 0 Å². The average Bonchev–Trinajstić information content (AvgIpc) is 2.48. The lowest BCUT2D eigenvalue weighted by Crippen LogP contribution is -2.11. The summed E-state index contributed by atoms with van der Waals surface area (Å²) in [6.07, 6.45) is 1.59. The van der Waals surface area contributed by atoms with E-state index in [1.807, 2.05) is 61.5 Å². The average molecular weight is 255 g/mol. The molecular weight excluding hydrogens is 238 g/mol. The van der Waals surface area contributed by atoms with Crippen LogP contribution in [-0.2, 0) is 0 Å². The first-order valence-electron chi connectivity index (χ1n) is 6.20. The number of rotatable bonds is 4. The first-order valence-corrected chi connectivity index (χ1v) is 6.20. The molecule has 0 heterocycles. The molecule has 0 bridgehead atoms. The van der Waals surface area contributed by atoms with Gasteiger partial charge in [0.05, 0.1) is 7.11 Å². The molecule has 1 unspecified atom stereocenters. The van der Waals surface area contributed by atoms with Gasteiger partial charge < -0.3 is 9.94 Å². The molecule has 0 aromatic heterocycles. The topological polar surface area (TPSA) is 35.3 Å². The maximum atomic E-state index is 12.1. The van der Waals surface area contributed by atoms with Crippen molar-refractivity contribution in [2.45, 2.75) is 13.0 Å².